The van der Waals surface area contributed by atoms with Crippen LogP contribution in [-0.4, -0.2) is 37.5 Å². The Labute approximate surface area is 95.3 Å². The number of nitrogens with one attached hydrogen (secondary N) is 3. The topological polar surface area (TPSA) is 70.2 Å². The van der Waals surface area contributed by atoms with Crippen LogP contribution in [0.2, 0.25) is 0 Å². The summed E-state index contributed by atoms with van der Waals surface area (Å²) in [5.74, 6) is 0.0149. The summed E-state index contributed by atoms with van der Waals surface area (Å²) < 4.78 is 0. The molecule has 0 aliphatic carbocycles. The van der Waals surface area contributed by atoms with E-state index < -0.39 is 0 Å². The minimum Gasteiger partial charge on any atom is -0.354 e. The Hall–Kier alpha value is -1.10. The van der Waals surface area contributed by atoms with Crippen molar-refractivity contribution in [3.05, 3.63) is 0 Å². The molecule has 2 amide bonds. The van der Waals surface area contributed by atoms with Crippen LogP contribution >= 0.6 is 0 Å². The fourth-order valence-corrected chi connectivity index (χ4v) is 2.27. The fraction of sp³-hybridized carbons (Fsp3) is 0.818. The molecule has 2 unspecified atom stereocenters. The zero-order valence-corrected chi connectivity index (χ0v) is 9.42. The molecule has 2 atom stereocenters. The first-order valence-electron chi connectivity index (χ1n) is 6.06. The van der Waals surface area contributed by atoms with Gasteiger partial charge in [-0.15, -0.1) is 0 Å². The van der Waals surface area contributed by atoms with Crippen molar-refractivity contribution in [2.24, 2.45) is 5.92 Å². The van der Waals surface area contributed by atoms with Crippen LogP contribution in [0.1, 0.15) is 25.7 Å². The predicted molar refractivity (Wildman–Crippen MR) is 59.8 cm³/mol. The summed E-state index contributed by atoms with van der Waals surface area (Å²) in [5, 5.41) is 8.82. The first-order chi connectivity index (χ1) is 7.77. The number of amides is 2. The van der Waals surface area contributed by atoms with Crippen LogP contribution < -0.4 is 16.0 Å². The van der Waals surface area contributed by atoms with Gasteiger partial charge in [-0.2, -0.15) is 0 Å². The highest BCUT2D eigenvalue weighted by Gasteiger charge is 2.27. The second-order valence-electron chi connectivity index (χ2n) is 4.54. The second kappa shape index (κ2) is 5.30. The number of rotatable bonds is 2. The molecule has 0 radical (unpaired) electrons. The number of carbonyl (C=O) groups excluding carboxylic acids is 2. The molecule has 2 heterocycles. The minimum atomic E-state index is -0.317. The van der Waals surface area contributed by atoms with Crippen molar-refractivity contribution in [2.75, 3.05) is 19.6 Å². The van der Waals surface area contributed by atoms with Gasteiger partial charge >= 0.3 is 0 Å². The molecule has 0 aromatic carbocycles. The highest BCUT2D eigenvalue weighted by molar-refractivity contribution is 5.89. The Kier molecular flexibility index (Phi) is 3.77. The molecule has 0 aromatic heterocycles. The fourth-order valence-electron chi connectivity index (χ4n) is 2.27. The zero-order chi connectivity index (χ0) is 11.4. The molecule has 0 aromatic rings. The smallest absolute Gasteiger partial charge is 0.242 e. The van der Waals surface area contributed by atoms with Gasteiger partial charge in [-0.25, -0.2) is 0 Å². The monoisotopic (exact) mass is 225 g/mol. The highest BCUT2D eigenvalue weighted by atomic mass is 16.2. The first kappa shape index (κ1) is 11.4. The highest BCUT2D eigenvalue weighted by Crippen LogP contribution is 2.11. The van der Waals surface area contributed by atoms with E-state index in [2.05, 4.69) is 16.0 Å². The molecular weight excluding hydrogens is 206 g/mol. The van der Waals surface area contributed by atoms with Gasteiger partial charge < -0.3 is 16.0 Å². The molecule has 0 saturated carbocycles. The van der Waals surface area contributed by atoms with Gasteiger partial charge in [0, 0.05) is 13.1 Å². The maximum Gasteiger partial charge on any atom is 0.242 e. The van der Waals surface area contributed by atoms with Crippen molar-refractivity contribution in [3.63, 3.8) is 0 Å². The van der Waals surface area contributed by atoms with Gasteiger partial charge in [0.05, 0.1) is 5.92 Å². The van der Waals surface area contributed by atoms with E-state index in [1.165, 1.54) is 0 Å². The maximum absolute atomic E-state index is 11.9. The van der Waals surface area contributed by atoms with Crippen molar-refractivity contribution in [1.82, 2.24) is 16.0 Å². The summed E-state index contributed by atoms with van der Waals surface area (Å²) in [6, 6.07) is -0.317. The molecule has 2 aliphatic heterocycles. The summed E-state index contributed by atoms with van der Waals surface area (Å²) >= 11 is 0. The molecule has 90 valence electrons. The van der Waals surface area contributed by atoms with Gasteiger partial charge in [-0.1, -0.05) is 0 Å². The van der Waals surface area contributed by atoms with Crippen LogP contribution in [0.15, 0.2) is 0 Å². The lowest BCUT2D eigenvalue weighted by Gasteiger charge is -2.27. The molecule has 0 spiro atoms. The Morgan fingerprint density at radius 2 is 2.06 bits per heavy atom. The Bertz CT molecular complexity index is 274. The Morgan fingerprint density at radius 1 is 1.25 bits per heavy atom. The summed E-state index contributed by atoms with van der Waals surface area (Å²) in [6.45, 7) is 2.46. The van der Waals surface area contributed by atoms with E-state index in [4.69, 9.17) is 0 Å². The van der Waals surface area contributed by atoms with Crippen LogP contribution in [0.3, 0.4) is 0 Å². The van der Waals surface area contributed by atoms with Gasteiger partial charge in [0.1, 0.15) is 6.04 Å². The van der Waals surface area contributed by atoms with E-state index >= 15 is 0 Å². The van der Waals surface area contributed by atoms with Crippen LogP contribution in [-0.2, 0) is 9.59 Å². The van der Waals surface area contributed by atoms with Gasteiger partial charge in [-0.3, -0.25) is 9.59 Å². The molecule has 3 N–H and O–H groups in total. The summed E-state index contributed by atoms with van der Waals surface area (Å²) in [5.41, 5.74) is 0. The van der Waals surface area contributed by atoms with E-state index in [-0.39, 0.29) is 23.8 Å². The minimum absolute atomic E-state index is 0.0225. The third-order valence-corrected chi connectivity index (χ3v) is 3.27. The van der Waals surface area contributed by atoms with E-state index in [0.717, 1.165) is 45.3 Å². The molecule has 2 rings (SSSR count). The number of carbonyl (C=O) groups is 2. The van der Waals surface area contributed by atoms with Crippen molar-refractivity contribution < 1.29 is 9.59 Å². The lowest BCUT2D eigenvalue weighted by Crippen LogP contribution is -2.52. The van der Waals surface area contributed by atoms with E-state index in [0.29, 0.717) is 0 Å². The molecular formula is C11H19N3O2. The van der Waals surface area contributed by atoms with Crippen LogP contribution in [0, 0.1) is 5.92 Å². The Balaban J connectivity index is 1.83. The third kappa shape index (κ3) is 2.72. The average molecular weight is 225 g/mol. The van der Waals surface area contributed by atoms with Gasteiger partial charge in [-0.05, 0) is 32.2 Å². The van der Waals surface area contributed by atoms with Crippen LogP contribution in [0.25, 0.3) is 0 Å². The quantitative estimate of drug-likeness (QED) is 0.586. The lowest BCUT2D eigenvalue weighted by molar-refractivity contribution is -0.132. The first-order valence-corrected chi connectivity index (χ1v) is 6.06. The molecule has 16 heavy (non-hydrogen) atoms. The maximum atomic E-state index is 11.9. The molecule has 2 fully saturated rings. The van der Waals surface area contributed by atoms with Crippen molar-refractivity contribution in [2.45, 2.75) is 31.7 Å². The standard InChI is InChI=1S/C11H19N3O2/c15-10(8-3-1-5-12-7-8)14-9-4-2-6-13-11(9)16/h8-9,12H,1-7H2,(H,13,16)(H,14,15). The summed E-state index contributed by atoms with van der Waals surface area (Å²) in [6.07, 6.45) is 3.67. The molecule has 2 aliphatic rings. The average Bonchev–Trinajstić information content (AvgIpc) is 2.33. The predicted octanol–water partition coefficient (Wildman–Crippen LogP) is -0.619. The van der Waals surface area contributed by atoms with E-state index in [9.17, 15) is 9.59 Å². The van der Waals surface area contributed by atoms with E-state index in [1.807, 2.05) is 0 Å². The number of piperidine rings is 2. The van der Waals surface area contributed by atoms with Gasteiger partial charge in [0.25, 0.3) is 0 Å². The third-order valence-electron chi connectivity index (χ3n) is 3.27. The zero-order valence-electron chi connectivity index (χ0n) is 9.42. The van der Waals surface area contributed by atoms with E-state index in [1.54, 1.807) is 0 Å². The second-order valence-corrected chi connectivity index (χ2v) is 4.54. The van der Waals surface area contributed by atoms with Gasteiger partial charge in [0.15, 0.2) is 0 Å². The molecule has 5 heteroatoms. The normalized spacial score (nSPS) is 30.6. The SMILES string of the molecule is O=C(NC1CCCNC1=O)C1CCCNC1. The summed E-state index contributed by atoms with van der Waals surface area (Å²) in [4.78, 5) is 23.4. The summed E-state index contributed by atoms with van der Waals surface area (Å²) in [7, 11) is 0. The largest absolute Gasteiger partial charge is 0.354 e. The molecule has 5 nitrogen and oxygen atoms in total. The Morgan fingerprint density at radius 3 is 2.75 bits per heavy atom. The van der Waals surface area contributed by atoms with Gasteiger partial charge in [0.2, 0.25) is 11.8 Å². The molecule has 2 saturated heterocycles. The number of hydrogen-bond acceptors (Lipinski definition) is 3. The van der Waals surface area contributed by atoms with Crippen molar-refractivity contribution in [1.29, 1.82) is 0 Å². The van der Waals surface area contributed by atoms with Crippen LogP contribution in [0.5, 0.6) is 0 Å². The molecule has 0 bridgehead atoms. The van der Waals surface area contributed by atoms with Crippen LogP contribution in [0.4, 0.5) is 0 Å². The van der Waals surface area contributed by atoms with Crippen molar-refractivity contribution in [3.8, 4) is 0 Å². The lowest BCUT2D eigenvalue weighted by atomic mass is 9.97. The number of hydrogen-bond donors (Lipinski definition) is 3. The van der Waals surface area contributed by atoms with Crippen molar-refractivity contribution >= 4 is 11.8 Å².